The lowest BCUT2D eigenvalue weighted by Gasteiger charge is -2.15. The molecule has 5 nitrogen and oxygen atoms in total. The number of rotatable bonds is 5. The van der Waals surface area contributed by atoms with Gasteiger partial charge < -0.3 is 9.30 Å². The smallest absolute Gasteiger partial charge is 0.211 e. The highest BCUT2D eigenvalue weighted by molar-refractivity contribution is 7.91. The monoisotopic (exact) mass is 437 g/mol. The number of aryl methyl sites for hydroxylation is 1. The lowest BCUT2D eigenvalue weighted by atomic mass is 10.1. The van der Waals surface area contributed by atoms with E-state index in [1.54, 1.807) is 16.7 Å². The first-order valence-electron chi connectivity index (χ1n) is 9.57. The molecule has 3 aromatic carbocycles. The van der Waals surface area contributed by atoms with Crippen LogP contribution in [0.2, 0.25) is 0 Å². The Morgan fingerprint density at radius 3 is 2.29 bits per heavy atom. The minimum atomic E-state index is -4.16. The number of hydrogen-bond donors (Lipinski definition) is 0. The van der Waals surface area contributed by atoms with Gasteiger partial charge in [0.2, 0.25) is 15.3 Å². The SMILES string of the molecule is COc1ccc2c(c1)c(=O)c(S(=O)(=O)c1ccc(F)cc1)cn2Cc1ccc(C)cc1. The highest BCUT2D eigenvalue weighted by atomic mass is 32.2. The number of benzene rings is 3. The van der Waals surface area contributed by atoms with Crippen LogP contribution in [0.1, 0.15) is 11.1 Å². The number of fused-ring (bicyclic) bond motifs is 1. The van der Waals surface area contributed by atoms with E-state index in [9.17, 15) is 17.6 Å². The molecule has 31 heavy (non-hydrogen) atoms. The van der Waals surface area contributed by atoms with Crippen LogP contribution in [0.5, 0.6) is 5.75 Å². The molecule has 4 rings (SSSR count). The van der Waals surface area contributed by atoms with E-state index in [2.05, 4.69) is 0 Å². The van der Waals surface area contributed by atoms with Gasteiger partial charge in [-0.05, 0) is 55.0 Å². The predicted octanol–water partition coefficient (Wildman–Crippen LogP) is 4.34. The van der Waals surface area contributed by atoms with Crippen LogP contribution < -0.4 is 10.2 Å². The van der Waals surface area contributed by atoms with Crippen molar-refractivity contribution in [2.75, 3.05) is 7.11 Å². The molecule has 0 saturated carbocycles. The van der Waals surface area contributed by atoms with Gasteiger partial charge in [-0.15, -0.1) is 0 Å². The maximum Gasteiger partial charge on any atom is 0.211 e. The first kappa shape index (κ1) is 20.8. The molecule has 0 atom stereocenters. The van der Waals surface area contributed by atoms with Crippen molar-refractivity contribution in [2.24, 2.45) is 0 Å². The third-order valence-corrected chi connectivity index (χ3v) is 6.90. The van der Waals surface area contributed by atoms with Crippen LogP contribution >= 0.6 is 0 Å². The Kier molecular flexibility index (Phi) is 5.37. The minimum absolute atomic E-state index is 0.143. The molecule has 0 fully saturated rings. The molecule has 0 aliphatic carbocycles. The number of sulfone groups is 1. The summed E-state index contributed by atoms with van der Waals surface area (Å²) in [5.74, 6) is -0.109. The summed E-state index contributed by atoms with van der Waals surface area (Å²) in [6.45, 7) is 2.35. The van der Waals surface area contributed by atoms with Crippen molar-refractivity contribution in [1.29, 1.82) is 0 Å². The molecular weight excluding hydrogens is 417 g/mol. The van der Waals surface area contributed by atoms with Gasteiger partial charge in [-0.3, -0.25) is 4.79 Å². The molecule has 1 aromatic heterocycles. The Balaban J connectivity index is 1.96. The van der Waals surface area contributed by atoms with Crippen LogP contribution in [-0.4, -0.2) is 20.1 Å². The van der Waals surface area contributed by atoms with Crippen molar-refractivity contribution >= 4 is 20.7 Å². The van der Waals surface area contributed by atoms with Crippen LogP contribution in [0.4, 0.5) is 4.39 Å². The maximum atomic E-state index is 13.3. The summed E-state index contributed by atoms with van der Waals surface area (Å²) in [6.07, 6.45) is 1.36. The molecular formula is C24H20FNO4S. The molecule has 0 amide bonds. The third kappa shape index (κ3) is 3.96. The van der Waals surface area contributed by atoms with Gasteiger partial charge >= 0.3 is 0 Å². The van der Waals surface area contributed by atoms with Crippen molar-refractivity contribution in [1.82, 2.24) is 4.57 Å². The number of nitrogens with zero attached hydrogens (tertiary/aromatic N) is 1. The minimum Gasteiger partial charge on any atom is -0.497 e. The van der Waals surface area contributed by atoms with E-state index in [1.807, 2.05) is 31.2 Å². The number of ether oxygens (including phenoxy) is 1. The Hall–Kier alpha value is -3.45. The zero-order valence-electron chi connectivity index (χ0n) is 17.0. The van der Waals surface area contributed by atoms with Crippen molar-refractivity contribution in [3.8, 4) is 5.75 Å². The number of hydrogen-bond acceptors (Lipinski definition) is 4. The summed E-state index contributed by atoms with van der Waals surface area (Å²) >= 11 is 0. The average molecular weight is 437 g/mol. The molecule has 0 unspecified atom stereocenters. The van der Waals surface area contributed by atoms with Gasteiger partial charge in [0.15, 0.2) is 0 Å². The highest BCUT2D eigenvalue weighted by Crippen LogP contribution is 2.24. The first-order chi connectivity index (χ1) is 14.8. The number of halogens is 1. The highest BCUT2D eigenvalue weighted by Gasteiger charge is 2.24. The topological polar surface area (TPSA) is 65.4 Å². The lowest BCUT2D eigenvalue weighted by molar-refractivity contribution is 0.415. The number of aromatic nitrogens is 1. The van der Waals surface area contributed by atoms with Crippen molar-refractivity contribution in [2.45, 2.75) is 23.3 Å². The van der Waals surface area contributed by atoms with E-state index in [4.69, 9.17) is 4.74 Å². The van der Waals surface area contributed by atoms with Gasteiger partial charge in [0, 0.05) is 12.7 Å². The van der Waals surface area contributed by atoms with Crippen molar-refractivity contribution in [3.63, 3.8) is 0 Å². The summed E-state index contributed by atoms with van der Waals surface area (Å²) in [4.78, 5) is 12.7. The normalized spacial score (nSPS) is 11.6. The van der Waals surface area contributed by atoms with Gasteiger partial charge in [0.05, 0.1) is 22.9 Å². The van der Waals surface area contributed by atoms with Crippen molar-refractivity contribution < 1.29 is 17.5 Å². The Morgan fingerprint density at radius 1 is 0.968 bits per heavy atom. The average Bonchev–Trinajstić information content (AvgIpc) is 2.77. The van der Waals surface area contributed by atoms with Gasteiger partial charge in [0.25, 0.3) is 0 Å². The summed E-state index contributed by atoms with van der Waals surface area (Å²) in [5.41, 5.74) is 2.03. The van der Waals surface area contributed by atoms with Gasteiger partial charge in [-0.2, -0.15) is 0 Å². The van der Waals surface area contributed by atoms with Crippen molar-refractivity contribution in [3.05, 3.63) is 100 Å². The number of methoxy groups -OCH3 is 1. The fourth-order valence-electron chi connectivity index (χ4n) is 3.43. The fourth-order valence-corrected chi connectivity index (χ4v) is 4.80. The van der Waals surface area contributed by atoms with E-state index >= 15 is 0 Å². The van der Waals surface area contributed by atoms with Crippen LogP contribution in [0, 0.1) is 12.7 Å². The van der Waals surface area contributed by atoms with Crippen LogP contribution in [0.25, 0.3) is 10.9 Å². The summed E-state index contributed by atoms with van der Waals surface area (Å²) in [7, 11) is -2.68. The second kappa shape index (κ2) is 8.00. The zero-order chi connectivity index (χ0) is 22.2. The molecule has 0 N–H and O–H groups in total. The molecule has 0 aliphatic heterocycles. The molecule has 0 saturated heterocycles. The standard InChI is InChI=1S/C24H20FNO4S/c1-16-3-5-17(6-4-16)14-26-15-23(31(28,29)20-10-7-18(25)8-11-20)24(27)21-13-19(30-2)9-12-22(21)26/h3-13,15H,14H2,1-2H3. The maximum absolute atomic E-state index is 13.3. The van der Waals surface area contributed by atoms with Gasteiger partial charge in [-0.25, -0.2) is 12.8 Å². The molecule has 1 heterocycles. The molecule has 158 valence electrons. The molecule has 0 spiro atoms. The summed E-state index contributed by atoms with van der Waals surface area (Å²) in [5, 5.41) is 0.231. The van der Waals surface area contributed by atoms with E-state index in [-0.39, 0.29) is 15.2 Å². The third-order valence-electron chi connectivity index (χ3n) is 5.14. The van der Waals surface area contributed by atoms with E-state index in [1.165, 1.54) is 19.4 Å². The first-order valence-corrected chi connectivity index (χ1v) is 11.1. The Bertz CT molecular complexity index is 1420. The van der Waals surface area contributed by atoms with Gasteiger partial charge in [0.1, 0.15) is 16.5 Å². The van der Waals surface area contributed by atoms with Crippen LogP contribution in [0.3, 0.4) is 0 Å². The number of pyridine rings is 1. The Morgan fingerprint density at radius 2 is 1.65 bits per heavy atom. The molecule has 7 heteroatoms. The van der Waals surface area contributed by atoms with E-state index in [0.29, 0.717) is 17.8 Å². The molecule has 4 aromatic rings. The van der Waals surface area contributed by atoms with Crippen LogP contribution in [-0.2, 0) is 16.4 Å². The Labute approximate surface area is 179 Å². The molecule has 0 bridgehead atoms. The summed E-state index contributed by atoms with van der Waals surface area (Å²) in [6, 6.07) is 17.3. The molecule has 0 radical (unpaired) electrons. The second-order valence-corrected chi connectivity index (χ2v) is 9.19. The zero-order valence-corrected chi connectivity index (χ0v) is 17.8. The lowest BCUT2D eigenvalue weighted by Crippen LogP contribution is -2.19. The van der Waals surface area contributed by atoms with Gasteiger partial charge in [-0.1, -0.05) is 29.8 Å². The van der Waals surface area contributed by atoms with E-state index in [0.717, 1.165) is 35.4 Å². The predicted molar refractivity (Wildman–Crippen MR) is 117 cm³/mol. The molecule has 0 aliphatic rings. The van der Waals surface area contributed by atoms with E-state index < -0.39 is 21.1 Å². The largest absolute Gasteiger partial charge is 0.497 e. The second-order valence-electron chi connectivity index (χ2n) is 7.28. The van der Waals surface area contributed by atoms with Crippen LogP contribution in [0.15, 0.2) is 87.5 Å². The quantitative estimate of drug-likeness (QED) is 0.436. The summed E-state index contributed by atoms with van der Waals surface area (Å²) < 4.78 is 46.8. The fraction of sp³-hybridized carbons (Fsp3) is 0.125.